The molecule has 0 radical (unpaired) electrons. The molecular formula is C31H31N3. The average Bonchev–Trinajstić information content (AvgIpc) is 3.14. The van der Waals surface area contributed by atoms with Gasteiger partial charge in [-0.2, -0.15) is 0 Å². The Bertz CT molecular complexity index is 1460. The number of aryl methyl sites for hydroxylation is 1. The third-order valence-corrected chi connectivity index (χ3v) is 7.67. The van der Waals surface area contributed by atoms with E-state index in [9.17, 15) is 0 Å². The van der Waals surface area contributed by atoms with Gasteiger partial charge in [-0.25, -0.2) is 4.98 Å². The summed E-state index contributed by atoms with van der Waals surface area (Å²) < 4.78 is 2.49. The Morgan fingerprint density at radius 3 is 2.53 bits per heavy atom. The maximum Gasteiger partial charge on any atom is 0.153 e. The number of anilines is 1. The summed E-state index contributed by atoms with van der Waals surface area (Å²) in [6.45, 7) is 7.45. The van der Waals surface area contributed by atoms with E-state index in [1.807, 2.05) is 6.20 Å². The Morgan fingerprint density at radius 1 is 0.882 bits per heavy atom. The maximum absolute atomic E-state index is 4.97. The smallest absolute Gasteiger partial charge is 0.153 e. The molecule has 0 saturated carbocycles. The van der Waals surface area contributed by atoms with E-state index in [0.29, 0.717) is 5.92 Å². The number of hydrogen-bond acceptors (Lipinski definition) is 2. The van der Waals surface area contributed by atoms with Crippen molar-refractivity contribution in [1.29, 1.82) is 0 Å². The number of piperidine rings is 1. The van der Waals surface area contributed by atoms with E-state index in [4.69, 9.17) is 4.98 Å². The van der Waals surface area contributed by atoms with Crippen LogP contribution in [0, 0.1) is 13.8 Å². The highest BCUT2D eigenvalue weighted by atomic mass is 15.2. The number of aromatic nitrogens is 2. The SMILES string of the molecule is Cc1c(C)n(Cc2ccc3ccccc3c2)c2c(N3CCCC(c4ccccc4)C3)nccc12. The number of rotatable bonds is 4. The highest BCUT2D eigenvalue weighted by Crippen LogP contribution is 2.36. The van der Waals surface area contributed by atoms with Gasteiger partial charge in [0.1, 0.15) is 0 Å². The summed E-state index contributed by atoms with van der Waals surface area (Å²) in [6.07, 6.45) is 4.43. The van der Waals surface area contributed by atoms with Gasteiger partial charge < -0.3 is 9.47 Å². The standard InChI is InChI=1S/C31H31N3/c1-22-23(2)34(20-24-14-15-26-11-6-7-12-27(26)19-24)30-29(22)16-17-32-31(30)33-18-8-13-28(21-33)25-9-4-3-5-10-25/h3-7,9-12,14-17,19,28H,8,13,18,20-21H2,1-2H3. The van der Waals surface area contributed by atoms with Crippen LogP contribution in [0.3, 0.4) is 0 Å². The average molecular weight is 446 g/mol. The van der Waals surface area contributed by atoms with Crippen molar-refractivity contribution >= 4 is 27.5 Å². The second-order valence-electron chi connectivity index (χ2n) is 9.70. The maximum atomic E-state index is 4.97. The molecule has 0 amide bonds. The summed E-state index contributed by atoms with van der Waals surface area (Å²) in [5, 5.41) is 3.91. The molecule has 3 aromatic carbocycles. The molecule has 34 heavy (non-hydrogen) atoms. The number of nitrogens with zero attached hydrogens (tertiary/aromatic N) is 3. The van der Waals surface area contributed by atoms with Crippen LogP contribution in [0.2, 0.25) is 0 Å². The summed E-state index contributed by atoms with van der Waals surface area (Å²) in [5.41, 5.74) is 6.73. The van der Waals surface area contributed by atoms with Gasteiger partial charge in [-0.05, 0) is 66.3 Å². The van der Waals surface area contributed by atoms with Crippen LogP contribution in [0.15, 0.2) is 85.1 Å². The van der Waals surface area contributed by atoms with E-state index in [0.717, 1.165) is 25.5 Å². The lowest BCUT2D eigenvalue weighted by Crippen LogP contribution is -2.35. The van der Waals surface area contributed by atoms with Crippen LogP contribution in [0.25, 0.3) is 21.7 Å². The molecule has 0 bridgehead atoms. The van der Waals surface area contributed by atoms with Crippen LogP contribution in [0.5, 0.6) is 0 Å². The third kappa shape index (κ3) is 3.66. The number of pyridine rings is 1. The lowest BCUT2D eigenvalue weighted by molar-refractivity contribution is 0.507. The first-order valence-corrected chi connectivity index (χ1v) is 12.4. The predicted octanol–water partition coefficient (Wildman–Crippen LogP) is 7.24. The molecule has 0 spiro atoms. The zero-order chi connectivity index (χ0) is 23.1. The van der Waals surface area contributed by atoms with Crippen LogP contribution < -0.4 is 4.90 Å². The van der Waals surface area contributed by atoms with Gasteiger partial charge in [-0.15, -0.1) is 0 Å². The van der Waals surface area contributed by atoms with Crippen molar-refractivity contribution in [2.24, 2.45) is 0 Å². The highest BCUT2D eigenvalue weighted by Gasteiger charge is 2.25. The van der Waals surface area contributed by atoms with Crippen LogP contribution in [0.1, 0.15) is 41.1 Å². The molecule has 0 N–H and O–H groups in total. The number of fused-ring (bicyclic) bond motifs is 2. The second kappa shape index (κ2) is 8.64. The zero-order valence-electron chi connectivity index (χ0n) is 20.0. The Morgan fingerprint density at radius 2 is 1.68 bits per heavy atom. The monoisotopic (exact) mass is 445 g/mol. The molecule has 1 unspecified atom stereocenters. The Hall–Kier alpha value is -3.59. The molecule has 1 aliphatic heterocycles. The second-order valence-corrected chi connectivity index (χ2v) is 9.70. The first kappa shape index (κ1) is 21.0. The van der Waals surface area contributed by atoms with E-state index in [2.05, 4.69) is 102 Å². The van der Waals surface area contributed by atoms with Gasteiger partial charge in [0.15, 0.2) is 5.82 Å². The molecule has 6 rings (SSSR count). The van der Waals surface area contributed by atoms with Gasteiger partial charge in [-0.1, -0.05) is 66.7 Å². The summed E-state index contributed by atoms with van der Waals surface area (Å²) in [5.74, 6) is 1.69. The topological polar surface area (TPSA) is 21.1 Å². The van der Waals surface area contributed by atoms with E-state index in [-0.39, 0.29) is 0 Å². The van der Waals surface area contributed by atoms with Gasteiger partial charge in [0.2, 0.25) is 0 Å². The summed E-state index contributed by atoms with van der Waals surface area (Å²) in [6, 6.07) is 28.6. The van der Waals surface area contributed by atoms with Crippen LogP contribution in [0.4, 0.5) is 5.82 Å². The normalized spacial score (nSPS) is 16.4. The van der Waals surface area contributed by atoms with Crippen molar-refractivity contribution in [2.45, 2.75) is 39.2 Å². The van der Waals surface area contributed by atoms with Gasteiger partial charge in [0.05, 0.1) is 5.52 Å². The molecule has 170 valence electrons. The molecular weight excluding hydrogens is 414 g/mol. The molecule has 3 nitrogen and oxygen atoms in total. The third-order valence-electron chi connectivity index (χ3n) is 7.67. The first-order chi connectivity index (χ1) is 16.7. The number of hydrogen-bond donors (Lipinski definition) is 0. The molecule has 3 heterocycles. The fraction of sp³-hybridized carbons (Fsp3) is 0.258. The van der Waals surface area contributed by atoms with Crippen LogP contribution in [-0.4, -0.2) is 22.6 Å². The quantitative estimate of drug-likeness (QED) is 0.291. The van der Waals surface area contributed by atoms with E-state index >= 15 is 0 Å². The van der Waals surface area contributed by atoms with E-state index in [1.165, 1.54) is 56.9 Å². The fourth-order valence-corrected chi connectivity index (χ4v) is 5.69. The molecule has 1 aliphatic rings. The van der Waals surface area contributed by atoms with Crippen molar-refractivity contribution in [3.8, 4) is 0 Å². The van der Waals surface area contributed by atoms with Crippen LogP contribution in [-0.2, 0) is 6.54 Å². The minimum absolute atomic E-state index is 0.554. The summed E-state index contributed by atoms with van der Waals surface area (Å²) in [4.78, 5) is 7.50. The molecule has 1 fully saturated rings. The first-order valence-electron chi connectivity index (χ1n) is 12.4. The van der Waals surface area contributed by atoms with E-state index in [1.54, 1.807) is 0 Å². The molecule has 1 atom stereocenters. The predicted molar refractivity (Wildman–Crippen MR) is 143 cm³/mol. The van der Waals surface area contributed by atoms with Crippen molar-refractivity contribution in [1.82, 2.24) is 9.55 Å². The Balaban J connectivity index is 1.41. The van der Waals surface area contributed by atoms with Crippen LogP contribution >= 0.6 is 0 Å². The van der Waals surface area contributed by atoms with Crippen molar-refractivity contribution in [2.75, 3.05) is 18.0 Å². The zero-order valence-corrected chi connectivity index (χ0v) is 20.0. The van der Waals surface area contributed by atoms with Gasteiger partial charge >= 0.3 is 0 Å². The Labute approximate surface area is 201 Å². The minimum atomic E-state index is 0.554. The highest BCUT2D eigenvalue weighted by molar-refractivity contribution is 5.94. The largest absolute Gasteiger partial charge is 0.354 e. The molecule has 0 aliphatic carbocycles. The van der Waals surface area contributed by atoms with E-state index < -0.39 is 0 Å². The van der Waals surface area contributed by atoms with Gasteiger partial charge in [0, 0.05) is 42.8 Å². The van der Waals surface area contributed by atoms with Gasteiger partial charge in [0.25, 0.3) is 0 Å². The molecule has 5 aromatic rings. The summed E-state index contributed by atoms with van der Waals surface area (Å²) in [7, 11) is 0. The minimum Gasteiger partial charge on any atom is -0.354 e. The lowest BCUT2D eigenvalue weighted by Gasteiger charge is -2.34. The van der Waals surface area contributed by atoms with Crippen molar-refractivity contribution < 1.29 is 0 Å². The Kier molecular flexibility index (Phi) is 5.33. The fourth-order valence-electron chi connectivity index (χ4n) is 5.69. The van der Waals surface area contributed by atoms with Gasteiger partial charge in [-0.3, -0.25) is 0 Å². The number of benzene rings is 3. The molecule has 3 heteroatoms. The summed E-state index contributed by atoms with van der Waals surface area (Å²) >= 11 is 0. The van der Waals surface area contributed by atoms with Crippen molar-refractivity contribution in [3.63, 3.8) is 0 Å². The molecule has 2 aromatic heterocycles. The lowest BCUT2D eigenvalue weighted by atomic mass is 9.90. The molecule has 1 saturated heterocycles. The van der Waals surface area contributed by atoms with Crippen molar-refractivity contribution in [3.05, 3.63) is 107 Å².